The molecule has 0 fully saturated rings. The maximum atomic E-state index is 12.6. The van der Waals surface area contributed by atoms with Gasteiger partial charge in [-0.3, -0.25) is 14.3 Å². The van der Waals surface area contributed by atoms with Crippen LogP contribution in [0.3, 0.4) is 0 Å². The van der Waals surface area contributed by atoms with E-state index in [0.29, 0.717) is 27.5 Å². The van der Waals surface area contributed by atoms with E-state index < -0.39 is 11.0 Å². The Bertz CT molecular complexity index is 1240. The van der Waals surface area contributed by atoms with Crippen LogP contribution in [0, 0.1) is 12.1 Å². The third kappa shape index (κ3) is 4.83. The lowest BCUT2D eigenvalue weighted by Crippen LogP contribution is -2.26. The van der Waals surface area contributed by atoms with Gasteiger partial charge in [0, 0.05) is 10.5 Å². The molecule has 1 aliphatic carbocycles. The Balaban J connectivity index is 1.42. The van der Waals surface area contributed by atoms with Crippen LogP contribution in [0.2, 0.25) is 0 Å². The number of carbonyl (C=O) groups excluding carboxylic acids is 2. The second-order valence-electron chi connectivity index (χ2n) is 6.83. The standard InChI is InChI=1S/C23H17N3O3S2/c1-14-3-6-18(7-4-14)26-31(29)19-10-8-17(9-11-19)24-23(28)16-5-12-21-20(13-16)25-22(27)15(2)30-21/h3,5-6,8,10,12-13,15,26H,1-2H3,(H,24,28)(H,25,27). The molecule has 2 aliphatic rings. The third-order valence-electron chi connectivity index (χ3n) is 4.44. The molecular weight excluding hydrogens is 430 g/mol. The lowest BCUT2D eigenvalue weighted by molar-refractivity contribution is -0.115. The number of thioether (sulfide) groups is 1. The molecule has 0 saturated carbocycles. The summed E-state index contributed by atoms with van der Waals surface area (Å²) in [7, 11) is -1.55. The molecule has 2 atom stereocenters. The maximum Gasteiger partial charge on any atom is 0.256 e. The molecule has 2 unspecified atom stereocenters. The fourth-order valence-corrected chi connectivity index (χ4v) is 4.46. The van der Waals surface area contributed by atoms with E-state index in [4.69, 9.17) is 0 Å². The topological polar surface area (TPSA) is 87.3 Å². The quantitative estimate of drug-likeness (QED) is 0.610. The summed E-state index contributed by atoms with van der Waals surface area (Å²) in [6.45, 7) is 3.73. The van der Waals surface area contributed by atoms with Gasteiger partial charge in [0.15, 0.2) is 11.0 Å². The minimum atomic E-state index is -1.55. The van der Waals surface area contributed by atoms with E-state index in [0.717, 1.165) is 10.5 Å². The van der Waals surface area contributed by atoms with E-state index in [1.165, 1.54) is 11.8 Å². The van der Waals surface area contributed by atoms with E-state index >= 15 is 0 Å². The van der Waals surface area contributed by atoms with Crippen LogP contribution in [0.1, 0.15) is 24.2 Å². The first kappa shape index (κ1) is 20.8. The van der Waals surface area contributed by atoms with Crippen LogP contribution in [0.4, 0.5) is 11.4 Å². The van der Waals surface area contributed by atoms with Gasteiger partial charge in [0.25, 0.3) is 5.91 Å². The van der Waals surface area contributed by atoms with E-state index in [9.17, 15) is 13.8 Å². The summed E-state index contributed by atoms with van der Waals surface area (Å²) < 4.78 is 15.2. The van der Waals surface area contributed by atoms with Crippen LogP contribution in [0.15, 0.2) is 75.0 Å². The zero-order chi connectivity index (χ0) is 22.0. The first-order valence-electron chi connectivity index (χ1n) is 9.35. The highest BCUT2D eigenvalue weighted by molar-refractivity contribution is 8.01. The zero-order valence-corrected chi connectivity index (χ0v) is 18.3. The Kier molecular flexibility index (Phi) is 5.85. The predicted octanol–water partition coefficient (Wildman–Crippen LogP) is 3.74. The number of hydrogen-bond donors (Lipinski definition) is 3. The summed E-state index contributed by atoms with van der Waals surface area (Å²) in [5.74, 6) is -0.432. The van der Waals surface area contributed by atoms with Gasteiger partial charge in [-0.2, -0.15) is 0 Å². The summed E-state index contributed by atoms with van der Waals surface area (Å²) in [5.41, 5.74) is 8.71. The molecule has 2 aromatic carbocycles. The highest BCUT2D eigenvalue weighted by atomic mass is 32.2. The molecule has 0 radical (unpaired) electrons. The molecule has 31 heavy (non-hydrogen) atoms. The van der Waals surface area contributed by atoms with Crippen molar-refractivity contribution in [2.24, 2.45) is 0 Å². The van der Waals surface area contributed by atoms with Crippen LogP contribution >= 0.6 is 11.8 Å². The van der Waals surface area contributed by atoms with Crippen LogP contribution in [-0.2, 0) is 15.8 Å². The van der Waals surface area contributed by atoms with Gasteiger partial charge in [0.1, 0.15) is 4.90 Å². The van der Waals surface area contributed by atoms with Crippen molar-refractivity contribution >= 4 is 45.9 Å². The van der Waals surface area contributed by atoms with Gasteiger partial charge in [-0.05, 0) is 79.8 Å². The molecule has 0 bridgehead atoms. The maximum absolute atomic E-state index is 12.6. The molecule has 2 aromatic rings. The predicted molar refractivity (Wildman–Crippen MR) is 121 cm³/mol. The minimum absolute atomic E-state index is 0.0867. The van der Waals surface area contributed by atoms with Gasteiger partial charge in [0.05, 0.1) is 22.3 Å². The van der Waals surface area contributed by atoms with Gasteiger partial charge in [-0.1, -0.05) is 5.73 Å². The summed E-state index contributed by atoms with van der Waals surface area (Å²) in [6, 6.07) is 14.0. The van der Waals surface area contributed by atoms with Crippen molar-refractivity contribution in [2.75, 3.05) is 10.6 Å². The summed E-state index contributed by atoms with van der Waals surface area (Å²) in [5, 5.41) is 5.38. The fraction of sp³-hybridized carbons (Fsp3) is 0.130. The van der Waals surface area contributed by atoms with Crippen LogP contribution < -0.4 is 15.4 Å². The van der Waals surface area contributed by atoms with Crippen molar-refractivity contribution in [3.63, 3.8) is 0 Å². The lowest BCUT2D eigenvalue weighted by Gasteiger charge is -2.21. The largest absolute Gasteiger partial charge is 0.324 e. The molecule has 0 saturated heterocycles. The van der Waals surface area contributed by atoms with Crippen LogP contribution in [0.25, 0.3) is 0 Å². The first-order valence-corrected chi connectivity index (χ1v) is 11.4. The normalized spacial score (nSPS) is 17.5. The van der Waals surface area contributed by atoms with E-state index in [1.54, 1.807) is 30.3 Å². The Labute approximate surface area is 186 Å². The Morgan fingerprint density at radius 3 is 2.71 bits per heavy atom. The SMILES string of the molecule is CC1=C=C=C(NS(=O)c2c#cc(NC(=O)c3ccc4c(c3)NC(=O)C(C)S4)cc2)C=C1. The highest BCUT2D eigenvalue weighted by Gasteiger charge is 2.23. The van der Waals surface area contributed by atoms with E-state index in [2.05, 4.69) is 39.0 Å². The number of rotatable bonds is 5. The Morgan fingerprint density at radius 2 is 2.00 bits per heavy atom. The fourth-order valence-electron chi connectivity index (χ4n) is 2.77. The Hall–Kier alpha value is -3.46. The number of benzene rings is 1. The number of nitrogens with one attached hydrogen (secondary N) is 3. The molecule has 1 heterocycles. The highest BCUT2D eigenvalue weighted by Crippen LogP contribution is 2.36. The van der Waals surface area contributed by atoms with Crippen molar-refractivity contribution in [2.45, 2.75) is 28.9 Å². The van der Waals surface area contributed by atoms with Crippen molar-refractivity contribution in [3.8, 4) is 0 Å². The van der Waals surface area contributed by atoms with Gasteiger partial charge < -0.3 is 10.6 Å². The van der Waals surface area contributed by atoms with Gasteiger partial charge in [-0.25, -0.2) is 4.21 Å². The third-order valence-corrected chi connectivity index (χ3v) is 6.66. The zero-order valence-electron chi connectivity index (χ0n) is 16.7. The molecule has 1 aliphatic heterocycles. The van der Waals surface area contributed by atoms with E-state index in [1.807, 2.05) is 26.0 Å². The van der Waals surface area contributed by atoms with Gasteiger partial charge in [0.2, 0.25) is 5.91 Å². The van der Waals surface area contributed by atoms with Crippen molar-refractivity contribution in [3.05, 3.63) is 82.9 Å². The number of allylic oxidation sites excluding steroid dienone is 3. The summed E-state index contributed by atoms with van der Waals surface area (Å²) >= 11 is 1.46. The molecule has 8 heteroatoms. The van der Waals surface area contributed by atoms with Gasteiger partial charge >= 0.3 is 0 Å². The van der Waals surface area contributed by atoms with Crippen molar-refractivity contribution in [1.29, 1.82) is 0 Å². The van der Waals surface area contributed by atoms with E-state index in [-0.39, 0.29) is 17.1 Å². The number of carbonyl (C=O) groups is 2. The lowest BCUT2D eigenvalue weighted by atomic mass is 10.1. The smallest absolute Gasteiger partial charge is 0.256 e. The number of amides is 2. The van der Waals surface area contributed by atoms with Crippen LogP contribution in [-0.4, -0.2) is 21.3 Å². The second kappa shape index (κ2) is 8.73. The second-order valence-corrected chi connectivity index (χ2v) is 9.39. The molecule has 0 aromatic heterocycles. The van der Waals surface area contributed by atoms with Gasteiger partial charge in [-0.15, -0.1) is 11.8 Å². The summed E-state index contributed by atoms with van der Waals surface area (Å²) in [6.07, 6.45) is 3.61. The minimum Gasteiger partial charge on any atom is -0.324 e. The number of anilines is 2. The monoisotopic (exact) mass is 447 g/mol. The number of fused-ring (bicyclic) bond motifs is 1. The first-order chi connectivity index (χ1) is 14.9. The molecule has 4 rings (SSSR count). The van der Waals surface area contributed by atoms with Crippen molar-refractivity contribution < 1.29 is 13.8 Å². The molecule has 2 amide bonds. The molecular formula is C23H17N3O3S2. The molecule has 0 spiro atoms. The Morgan fingerprint density at radius 1 is 1.16 bits per heavy atom. The average Bonchev–Trinajstić information content (AvgIpc) is 2.76. The molecule has 3 N–H and O–H groups in total. The van der Waals surface area contributed by atoms with Crippen molar-refractivity contribution in [1.82, 2.24) is 4.72 Å². The molecule has 6 nitrogen and oxygen atoms in total. The number of hydrogen-bond acceptors (Lipinski definition) is 4. The average molecular weight is 448 g/mol. The summed E-state index contributed by atoms with van der Waals surface area (Å²) in [4.78, 5) is 25.8. The molecule has 154 valence electrons. The van der Waals surface area contributed by atoms with Crippen LogP contribution in [0.5, 0.6) is 0 Å².